The van der Waals surface area contributed by atoms with Gasteiger partial charge in [-0.15, -0.1) is 24.0 Å². The van der Waals surface area contributed by atoms with Gasteiger partial charge in [-0.3, -0.25) is 4.79 Å². The highest BCUT2D eigenvalue weighted by Gasteiger charge is 2.21. The first kappa shape index (κ1) is 26.4. The van der Waals surface area contributed by atoms with Crippen molar-refractivity contribution in [2.45, 2.75) is 50.7 Å². The number of nitrogens with one attached hydrogen (secondary N) is 2. The van der Waals surface area contributed by atoms with Gasteiger partial charge in [-0.2, -0.15) is 0 Å². The zero-order valence-corrected chi connectivity index (χ0v) is 20.7. The van der Waals surface area contributed by atoms with Gasteiger partial charge in [0.1, 0.15) is 6.54 Å². The Morgan fingerprint density at radius 3 is 2.62 bits per heavy atom. The molecule has 0 saturated carbocycles. The fraction of sp³-hybridized carbons (Fsp3) is 0.900. The fourth-order valence-electron chi connectivity index (χ4n) is 3.55. The van der Waals surface area contributed by atoms with Crippen molar-refractivity contribution in [3.63, 3.8) is 0 Å². The molecule has 2 saturated heterocycles. The van der Waals surface area contributed by atoms with Gasteiger partial charge in [0, 0.05) is 66.6 Å². The van der Waals surface area contributed by atoms with Gasteiger partial charge in [-0.05, 0) is 38.5 Å². The summed E-state index contributed by atoms with van der Waals surface area (Å²) in [6, 6.07) is 0.381. The van der Waals surface area contributed by atoms with Gasteiger partial charge in [0.05, 0.1) is 6.10 Å². The number of amides is 1. The molecule has 0 radical (unpaired) electrons. The number of carbonyl (C=O) groups is 1. The summed E-state index contributed by atoms with van der Waals surface area (Å²) in [6.07, 6.45) is 6.91. The van der Waals surface area contributed by atoms with Crippen molar-refractivity contribution < 1.29 is 14.3 Å². The summed E-state index contributed by atoms with van der Waals surface area (Å²) in [6.45, 7) is 5.81. The van der Waals surface area contributed by atoms with E-state index in [1.54, 1.807) is 26.1 Å². The molecule has 1 atom stereocenters. The number of hydrogen-bond donors (Lipinski definition) is 2. The van der Waals surface area contributed by atoms with Gasteiger partial charge >= 0.3 is 0 Å². The van der Waals surface area contributed by atoms with E-state index in [1.807, 2.05) is 0 Å². The van der Waals surface area contributed by atoms with Gasteiger partial charge in [0.25, 0.3) is 0 Å². The van der Waals surface area contributed by atoms with Crippen LogP contribution >= 0.6 is 24.0 Å². The van der Waals surface area contributed by atoms with Gasteiger partial charge in [-0.1, -0.05) is 0 Å². The number of likely N-dealkylation sites (N-methyl/N-ethyl adjacent to an activating group) is 1. The summed E-state index contributed by atoms with van der Waals surface area (Å²) < 4.78 is 10.9. The predicted molar refractivity (Wildman–Crippen MR) is 127 cm³/mol. The van der Waals surface area contributed by atoms with E-state index in [2.05, 4.69) is 20.5 Å². The number of guanidine groups is 1. The van der Waals surface area contributed by atoms with Crippen LogP contribution in [0.2, 0.25) is 0 Å². The van der Waals surface area contributed by atoms with Crippen molar-refractivity contribution in [1.29, 1.82) is 0 Å². The van der Waals surface area contributed by atoms with Crippen LogP contribution in [0.1, 0.15) is 38.5 Å². The number of aliphatic imine (C=N–C) groups is 1. The van der Waals surface area contributed by atoms with Crippen LogP contribution in [0.5, 0.6) is 0 Å². The summed E-state index contributed by atoms with van der Waals surface area (Å²) in [5, 5.41) is 6.94. The van der Waals surface area contributed by atoms with Crippen molar-refractivity contribution in [2.75, 3.05) is 67.1 Å². The van der Waals surface area contributed by atoms with Crippen molar-refractivity contribution >= 4 is 35.8 Å². The monoisotopic (exact) mass is 525 g/mol. The molecule has 2 fully saturated rings. The largest absolute Gasteiger partial charge is 0.385 e. The second-order valence-corrected chi connectivity index (χ2v) is 7.93. The molecule has 0 aliphatic carbocycles. The quantitative estimate of drug-likeness (QED) is 0.205. The Labute approximate surface area is 193 Å². The number of likely N-dealkylation sites (tertiary alicyclic amines) is 1. The highest BCUT2D eigenvalue weighted by molar-refractivity contribution is 14.0. The first-order valence-corrected chi connectivity index (χ1v) is 10.7. The number of rotatable bonds is 9. The lowest BCUT2D eigenvalue weighted by Gasteiger charge is -2.33. The molecule has 170 valence electrons. The first-order valence-electron chi connectivity index (χ1n) is 10.7. The van der Waals surface area contributed by atoms with Crippen LogP contribution < -0.4 is 10.6 Å². The molecule has 29 heavy (non-hydrogen) atoms. The Morgan fingerprint density at radius 1 is 1.24 bits per heavy atom. The Hall–Kier alpha value is -0.650. The van der Waals surface area contributed by atoms with Gasteiger partial charge in [-0.25, -0.2) is 4.99 Å². The van der Waals surface area contributed by atoms with E-state index in [-0.39, 0.29) is 42.5 Å². The molecule has 0 aromatic carbocycles. The number of ether oxygens (including phenoxy) is 2. The Balaban J connectivity index is 0.00000420. The normalized spacial score (nSPS) is 21.3. The van der Waals surface area contributed by atoms with Crippen LogP contribution in [0, 0.1) is 0 Å². The number of piperidine rings is 1. The standard InChI is InChI=1S/C20H39N5O3.HI/c1-24(2)19(26)16-22-20(21-15-18-7-4-5-14-28-18)23-17-8-11-25(12-9-17)10-6-13-27-3;/h17-18H,4-16H2,1-3H3,(H2,21,22,23);1H. The molecular formula is C20H40IN5O3. The molecule has 8 nitrogen and oxygen atoms in total. The zero-order valence-electron chi connectivity index (χ0n) is 18.3. The SMILES string of the molecule is COCCCN1CCC(NC(=NCC(=O)N(C)C)NCC2CCCCO2)CC1.I. The third kappa shape index (κ3) is 10.8. The van der Waals surface area contributed by atoms with E-state index in [1.165, 1.54) is 6.42 Å². The Bertz CT molecular complexity index is 479. The van der Waals surface area contributed by atoms with Crippen LogP contribution in [0.4, 0.5) is 0 Å². The second-order valence-electron chi connectivity index (χ2n) is 7.93. The molecule has 0 spiro atoms. The average molecular weight is 525 g/mol. The van der Waals surface area contributed by atoms with E-state index >= 15 is 0 Å². The number of methoxy groups -OCH3 is 1. The van der Waals surface area contributed by atoms with Gasteiger partial charge < -0.3 is 29.9 Å². The topological polar surface area (TPSA) is 78.4 Å². The Morgan fingerprint density at radius 2 is 2.00 bits per heavy atom. The van der Waals surface area contributed by atoms with Crippen LogP contribution in [0.3, 0.4) is 0 Å². The lowest BCUT2D eigenvalue weighted by molar-refractivity contribution is -0.127. The summed E-state index contributed by atoms with van der Waals surface area (Å²) in [5.41, 5.74) is 0. The minimum Gasteiger partial charge on any atom is -0.385 e. The van der Waals surface area contributed by atoms with E-state index in [0.29, 0.717) is 6.04 Å². The van der Waals surface area contributed by atoms with Gasteiger partial charge in [0.2, 0.25) is 5.91 Å². The van der Waals surface area contributed by atoms with Crippen molar-refractivity contribution in [1.82, 2.24) is 20.4 Å². The average Bonchev–Trinajstić information content (AvgIpc) is 2.71. The molecule has 9 heteroatoms. The smallest absolute Gasteiger partial charge is 0.243 e. The lowest BCUT2D eigenvalue weighted by Crippen LogP contribution is -2.50. The minimum absolute atomic E-state index is 0. The van der Waals surface area contributed by atoms with Crippen molar-refractivity contribution in [3.05, 3.63) is 0 Å². The molecule has 2 heterocycles. The summed E-state index contributed by atoms with van der Waals surface area (Å²) >= 11 is 0. The maximum atomic E-state index is 11.9. The van der Waals surface area contributed by atoms with E-state index in [4.69, 9.17) is 9.47 Å². The number of halogens is 1. The maximum absolute atomic E-state index is 11.9. The second kappa shape index (κ2) is 15.2. The van der Waals surface area contributed by atoms with Crippen LogP contribution in [-0.2, 0) is 14.3 Å². The summed E-state index contributed by atoms with van der Waals surface area (Å²) in [4.78, 5) is 20.5. The van der Waals surface area contributed by atoms with Crippen molar-refractivity contribution in [2.24, 2.45) is 4.99 Å². The third-order valence-electron chi connectivity index (χ3n) is 5.39. The Kier molecular flexibility index (Phi) is 13.8. The molecule has 2 N–H and O–H groups in total. The number of nitrogens with zero attached hydrogens (tertiary/aromatic N) is 3. The van der Waals surface area contributed by atoms with E-state index in [9.17, 15) is 4.79 Å². The highest BCUT2D eigenvalue weighted by atomic mass is 127. The molecular weight excluding hydrogens is 485 g/mol. The lowest BCUT2D eigenvalue weighted by atomic mass is 10.1. The molecule has 2 aliphatic heterocycles. The first-order chi connectivity index (χ1) is 13.6. The molecule has 1 amide bonds. The third-order valence-corrected chi connectivity index (χ3v) is 5.39. The molecule has 2 aliphatic rings. The van der Waals surface area contributed by atoms with Crippen molar-refractivity contribution in [3.8, 4) is 0 Å². The molecule has 0 bridgehead atoms. The van der Waals surface area contributed by atoms with Gasteiger partial charge in [0.15, 0.2) is 5.96 Å². The minimum atomic E-state index is 0. The fourth-order valence-corrected chi connectivity index (χ4v) is 3.55. The predicted octanol–water partition coefficient (Wildman–Crippen LogP) is 1.30. The maximum Gasteiger partial charge on any atom is 0.243 e. The molecule has 2 rings (SSSR count). The molecule has 0 aromatic rings. The summed E-state index contributed by atoms with van der Waals surface area (Å²) in [7, 11) is 5.27. The number of hydrogen-bond acceptors (Lipinski definition) is 5. The van der Waals surface area contributed by atoms with E-state index < -0.39 is 0 Å². The molecule has 1 unspecified atom stereocenters. The zero-order chi connectivity index (χ0) is 20.2. The van der Waals surface area contributed by atoms with Crippen LogP contribution in [0.25, 0.3) is 0 Å². The van der Waals surface area contributed by atoms with Crippen LogP contribution in [0.15, 0.2) is 4.99 Å². The van der Waals surface area contributed by atoms with Crippen LogP contribution in [-0.4, -0.2) is 101 Å². The summed E-state index contributed by atoms with van der Waals surface area (Å²) in [5.74, 6) is 0.727. The molecule has 0 aromatic heterocycles. The van der Waals surface area contributed by atoms with E-state index in [0.717, 1.165) is 77.5 Å². The highest BCUT2D eigenvalue weighted by Crippen LogP contribution is 2.12. The number of carbonyl (C=O) groups excluding carboxylic acids is 1.